The van der Waals surface area contributed by atoms with Crippen LogP contribution in [0.3, 0.4) is 0 Å². The lowest BCUT2D eigenvalue weighted by Crippen LogP contribution is -2.49. The van der Waals surface area contributed by atoms with Crippen molar-refractivity contribution in [1.82, 2.24) is 9.88 Å². The van der Waals surface area contributed by atoms with Crippen LogP contribution in [-0.2, 0) is 4.74 Å². The summed E-state index contributed by atoms with van der Waals surface area (Å²) in [6, 6.07) is 14.0. The Bertz CT molecular complexity index is 937. The molecule has 0 radical (unpaired) electrons. The number of amides is 1. The number of likely N-dealkylation sites (tertiary alicyclic amines) is 1. The smallest absolute Gasteiger partial charge is 0.273 e. The van der Waals surface area contributed by atoms with Crippen molar-refractivity contribution in [3.05, 3.63) is 66.2 Å². The second-order valence-corrected chi connectivity index (χ2v) is 7.01. The van der Waals surface area contributed by atoms with Crippen molar-refractivity contribution in [2.75, 3.05) is 6.54 Å². The maximum Gasteiger partial charge on any atom is 0.273 e. The Morgan fingerprint density at radius 2 is 2.04 bits per heavy atom. The van der Waals surface area contributed by atoms with E-state index in [-0.39, 0.29) is 24.2 Å². The van der Waals surface area contributed by atoms with Crippen molar-refractivity contribution < 1.29 is 13.9 Å². The van der Waals surface area contributed by atoms with E-state index in [2.05, 4.69) is 17.1 Å². The zero-order valence-corrected chi connectivity index (χ0v) is 14.4. The summed E-state index contributed by atoms with van der Waals surface area (Å²) in [5.74, 6) is -0.0241. The second-order valence-electron chi connectivity index (χ2n) is 7.01. The molecular weight excluding hydrogens is 328 g/mol. The molecule has 2 saturated heterocycles. The first-order valence-electron chi connectivity index (χ1n) is 9.15. The van der Waals surface area contributed by atoms with Gasteiger partial charge in [0.15, 0.2) is 0 Å². The zero-order valence-electron chi connectivity index (χ0n) is 14.4. The third-order valence-electron chi connectivity index (χ3n) is 5.53. The van der Waals surface area contributed by atoms with Crippen molar-refractivity contribution in [2.45, 2.75) is 37.5 Å². The number of carbonyl (C=O) groups is 1. The Morgan fingerprint density at radius 3 is 2.92 bits per heavy atom. The molecule has 2 aliphatic heterocycles. The van der Waals surface area contributed by atoms with Gasteiger partial charge in [0.05, 0.1) is 29.9 Å². The molecule has 0 bridgehead atoms. The van der Waals surface area contributed by atoms with E-state index in [0.29, 0.717) is 11.3 Å². The maximum absolute atomic E-state index is 13.3. The van der Waals surface area contributed by atoms with Crippen LogP contribution >= 0.6 is 0 Å². The van der Waals surface area contributed by atoms with Gasteiger partial charge in [-0.25, -0.2) is 0 Å². The van der Waals surface area contributed by atoms with E-state index in [1.165, 1.54) is 5.56 Å². The van der Waals surface area contributed by atoms with E-state index in [0.717, 1.165) is 31.2 Å². The number of hydrogen-bond donors (Lipinski definition) is 0. The lowest BCUT2D eigenvalue weighted by molar-refractivity contribution is -0.00124. The topological polar surface area (TPSA) is 55.6 Å². The molecule has 0 spiro atoms. The van der Waals surface area contributed by atoms with Gasteiger partial charge in [-0.2, -0.15) is 0 Å². The first-order valence-corrected chi connectivity index (χ1v) is 9.15. The van der Waals surface area contributed by atoms with Gasteiger partial charge >= 0.3 is 0 Å². The van der Waals surface area contributed by atoms with Gasteiger partial charge in [0, 0.05) is 19.2 Å². The Balaban J connectivity index is 1.44. The molecule has 0 saturated carbocycles. The average molecular weight is 348 g/mol. The Kier molecular flexibility index (Phi) is 3.75. The van der Waals surface area contributed by atoms with Gasteiger partial charge in [-0.15, -0.1) is 0 Å². The number of hydrogen-bond acceptors (Lipinski definition) is 4. The summed E-state index contributed by atoms with van der Waals surface area (Å²) in [4.78, 5) is 19.6. The molecule has 3 aromatic rings. The Hall–Kier alpha value is -2.66. The van der Waals surface area contributed by atoms with Gasteiger partial charge in [0.25, 0.3) is 5.91 Å². The van der Waals surface area contributed by atoms with E-state index in [9.17, 15) is 4.79 Å². The minimum Gasteiger partial charge on any atom is -0.464 e. The van der Waals surface area contributed by atoms with Crippen molar-refractivity contribution >= 4 is 16.9 Å². The van der Waals surface area contributed by atoms with Crippen LogP contribution in [0.4, 0.5) is 0 Å². The number of carbonyl (C=O) groups excluding carboxylic acids is 1. The number of furan rings is 1. The van der Waals surface area contributed by atoms with Gasteiger partial charge in [-0.3, -0.25) is 9.78 Å². The van der Waals surface area contributed by atoms with E-state index in [1.54, 1.807) is 18.5 Å². The van der Waals surface area contributed by atoms with Crippen molar-refractivity contribution in [2.24, 2.45) is 0 Å². The number of benzene rings is 1. The molecule has 2 aromatic heterocycles. The quantitative estimate of drug-likeness (QED) is 0.703. The molecule has 3 atom stereocenters. The number of rotatable bonds is 2. The number of fused-ring (bicyclic) bond motifs is 2. The standard InChI is InChI=1S/C21H20N2O3/c24-21(20-15-9-12-25-17(15)8-10-22-20)23-11-4-7-18-16(23)13-19(26-18)14-5-2-1-3-6-14/h1-3,5-6,8-10,12,16,18-19H,4,7,11,13H2/t16-,18-,19-/m0/s1. The molecule has 1 aromatic carbocycles. The van der Waals surface area contributed by atoms with E-state index in [1.807, 2.05) is 29.2 Å². The molecule has 1 amide bonds. The molecule has 2 fully saturated rings. The van der Waals surface area contributed by atoms with Crippen LogP contribution in [0.1, 0.15) is 41.4 Å². The first kappa shape index (κ1) is 15.6. The molecule has 5 rings (SSSR count). The normalized spacial score (nSPS) is 25.4. The van der Waals surface area contributed by atoms with Gasteiger partial charge in [0.1, 0.15) is 11.3 Å². The summed E-state index contributed by atoms with van der Waals surface area (Å²) in [6.45, 7) is 0.751. The highest BCUT2D eigenvalue weighted by Crippen LogP contribution is 2.40. The second kappa shape index (κ2) is 6.25. The van der Waals surface area contributed by atoms with E-state index >= 15 is 0 Å². The minimum absolute atomic E-state index is 0.0241. The van der Waals surface area contributed by atoms with E-state index in [4.69, 9.17) is 9.15 Å². The average Bonchev–Trinajstić information content (AvgIpc) is 3.34. The van der Waals surface area contributed by atoms with Crippen LogP contribution < -0.4 is 0 Å². The summed E-state index contributed by atoms with van der Waals surface area (Å²) in [5, 5.41) is 0.776. The highest BCUT2D eigenvalue weighted by atomic mass is 16.5. The molecule has 2 aliphatic rings. The molecule has 5 heteroatoms. The van der Waals surface area contributed by atoms with Gasteiger partial charge in [-0.1, -0.05) is 30.3 Å². The number of piperidine rings is 1. The fourth-order valence-corrected chi connectivity index (χ4v) is 4.28. The Morgan fingerprint density at radius 1 is 1.15 bits per heavy atom. The lowest BCUT2D eigenvalue weighted by atomic mass is 9.95. The molecule has 132 valence electrons. The monoisotopic (exact) mass is 348 g/mol. The predicted molar refractivity (Wildman–Crippen MR) is 96.7 cm³/mol. The molecule has 5 nitrogen and oxygen atoms in total. The summed E-state index contributed by atoms with van der Waals surface area (Å²) in [7, 11) is 0. The summed E-state index contributed by atoms with van der Waals surface area (Å²) >= 11 is 0. The minimum atomic E-state index is -0.0241. The predicted octanol–water partition coefficient (Wildman–Crippen LogP) is 3.96. The number of ether oxygens (including phenoxy) is 1. The largest absolute Gasteiger partial charge is 0.464 e. The highest BCUT2D eigenvalue weighted by Gasteiger charge is 2.43. The third kappa shape index (κ3) is 2.51. The molecule has 4 heterocycles. The summed E-state index contributed by atoms with van der Waals surface area (Å²) in [6.07, 6.45) is 6.18. The fraction of sp³-hybridized carbons (Fsp3) is 0.333. The SMILES string of the molecule is O=C(c1nccc2occc12)N1CCC[C@@H]2O[C@H](c3ccccc3)C[C@@H]21. The van der Waals surface area contributed by atoms with Crippen LogP contribution in [0.25, 0.3) is 11.0 Å². The van der Waals surface area contributed by atoms with Gasteiger partial charge in [0.2, 0.25) is 0 Å². The van der Waals surface area contributed by atoms with Crippen molar-refractivity contribution in [3.63, 3.8) is 0 Å². The van der Waals surface area contributed by atoms with Crippen LogP contribution in [0, 0.1) is 0 Å². The van der Waals surface area contributed by atoms with Crippen LogP contribution in [0.15, 0.2) is 59.3 Å². The van der Waals surface area contributed by atoms with E-state index < -0.39 is 0 Å². The summed E-state index contributed by atoms with van der Waals surface area (Å²) in [5.41, 5.74) is 2.35. The molecular formula is C21H20N2O3. The lowest BCUT2D eigenvalue weighted by Gasteiger charge is -2.36. The molecule has 0 aliphatic carbocycles. The summed E-state index contributed by atoms with van der Waals surface area (Å²) < 4.78 is 11.7. The number of pyridine rings is 1. The Labute approximate surface area is 151 Å². The third-order valence-corrected chi connectivity index (χ3v) is 5.53. The highest BCUT2D eigenvalue weighted by molar-refractivity contribution is 6.04. The number of nitrogens with zero attached hydrogens (tertiary/aromatic N) is 2. The van der Waals surface area contributed by atoms with Crippen LogP contribution in [0.2, 0.25) is 0 Å². The molecule has 26 heavy (non-hydrogen) atoms. The van der Waals surface area contributed by atoms with Crippen LogP contribution in [0.5, 0.6) is 0 Å². The van der Waals surface area contributed by atoms with Crippen LogP contribution in [-0.4, -0.2) is 34.5 Å². The zero-order chi connectivity index (χ0) is 17.5. The molecule has 0 unspecified atom stereocenters. The van der Waals surface area contributed by atoms with Crippen molar-refractivity contribution in [3.8, 4) is 0 Å². The maximum atomic E-state index is 13.3. The molecule has 0 N–H and O–H groups in total. The van der Waals surface area contributed by atoms with Crippen molar-refractivity contribution in [1.29, 1.82) is 0 Å². The fourth-order valence-electron chi connectivity index (χ4n) is 4.28. The number of aromatic nitrogens is 1. The van der Waals surface area contributed by atoms with Gasteiger partial charge < -0.3 is 14.1 Å². The van der Waals surface area contributed by atoms with Gasteiger partial charge in [-0.05, 0) is 30.5 Å². The first-order chi connectivity index (χ1) is 12.8.